The van der Waals surface area contributed by atoms with Gasteiger partial charge in [0.25, 0.3) is 0 Å². The molecule has 0 atom stereocenters. The molecule has 0 spiro atoms. The Bertz CT molecular complexity index is 1200. The maximum atomic E-state index is 14.7. The molecule has 2 nitrogen and oxygen atoms in total. The zero-order valence-corrected chi connectivity index (χ0v) is 19.5. The van der Waals surface area contributed by atoms with Gasteiger partial charge in [0.2, 0.25) is 5.82 Å². The van der Waals surface area contributed by atoms with Gasteiger partial charge < -0.3 is 9.84 Å². The minimum atomic E-state index is -0.948. The molecule has 1 aliphatic rings. The van der Waals surface area contributed by atoms with Crippen molar-refractivity contribution in [1.82, 2.24) is 0 Å². The van der Waals surface area contributed by atoms with Gasteiger partial charge in [0.05, 0.1) is 13.2 Å². The predicted octanol–water partition coefficient (Wildman–Crippen LogP) is 7.79. The molecule has 0 unspecified atom stereocenters. The van der Waals surface area contributed by atoms with Crippen molar-refractivity contribution in [3.05, 3.63) is 94.6 Å². The molecule has 0 heterocycles. The van der Waals surface area contributed by atoms with Crippen LogP contribution in [0.15, 0.2) is 54.6 Å². The van der Waals surface area contributed by atoms with Crippen molar-refractivity contribution in [2.45, 2.75) is 45.1 Å². The fourth-order valence-corrected chi connectivity index (χ4v) is 4.70. The fourth-order valence-electron chi connectivity index (χ4n) is 4.70. The SMILES string of the molecule is CCOc1ccc(C2CCC(C=Cc3ccc(-c4ccc(CO)cc4)c(F)c3F)CC2)c(F)c1F. The number of ether oxygens (including phenoxy) is 1. The molecule has 0 radical (unpaired) electrons. The van der Waals surface area contributed by atoms with Crippen molar-refractivity contribution in [2.75, 3.05) is 6.61 Å². The van der Waals surface area contributed by atoms with Crippen LogP contribution >= 0.6 is 0 Å². The first kappa shape index (κ1) is 25.0. The first-order valence-corrected chi connectivity index (χ1v) is 11.9. The molecule has 35 heavy (non-hydrogen) atoms. The number of rotatable bonds is 7. The van der Waals surface area contributed by atoms with Gasteiger partial charge in [-0.2, -0.15) is 4.39 Å². The van der Waals surface area contributed by atoms with E-state index in [9.17, 15) is 17.6 Å². The quantitative estimate of drug-likeness (QED) is 0.347. The Morgan fingerprint density at radius 3 is 2.20 bits per heavy atom. The molecule has 3 aromatic carbocycles. The van der Waals surface area contributed by atoms with Crippen LogP contribution in [0, 0.1) is 29.2 Å². The Hall–Kier alpha value is -3.12. The Balaban J connectivity index is 1.42. The summed E-state index contributed by atoms with van der Waals surface area (Å²) in [6.07, 6.45) is 6.32. The summed E-state index contributed by atoms with van der Waals surface area (Å²) in [5, 5.41) is 9.15. The predicted molar refractivity (Wildman–Crippen MR) is 129 cm³/mol. The van der Waals surface area contributed by atoms with Crippen LogP contribution in [0.5, 0.6) is 5.75 Å². The van der Waals surface area contributed by atoms with Crippen LogP contribution in [0.4, 0.5) is 17.6 Å². The van der Waals surface area contributed by atoms with E-state index in [0.29, 0.717) is 29.5 Å². The van der Waals surface area contributed by atoms with E-state index in [1.165, 1.54) is 6.07 Å². The molecule has 0 amide bonds. The number of aliphatic hydroxyl groups is 1. The number of allylic oxidation sites excluding steroid dienone is 1. The summed E-state index contributed by atoms with van der Waals surface area (Å²) in [5.41, 5.74) is 1.92. The average Bonchev–Trinajstić information content (AvgIpc) is 2.88. The monoisotopic (exact) mass is 484 g/mol. The molecule has 0 aliphatic heterocycles. The number of halogens is 4. The van der Waals surface area contributed by atoms with Gasteiger partial charge >= 0.3 is 0 Å². The third-order valence-corrected chi connectivity index (χ3v) is 6.70. The second-order valence-corrected chi connectivity index (χ2v) is 8.87. The van der Waals surface area contributed by atoms with Gasteiger partial charge in [0.15, 0.2) is 23.2 Å². The van der Waals surface area contributed by atoms with Crippen LogP contribution in [-0.4, -0.2) is 11.7 Å². The van der Waals surface area contributed by atoms with Crippen LogP contribution in [0.25, 0.3) is 17.2 Å². The molecule has 1 fully saturated rings. The largest absolute Gasteiger partial charge is 0.491 e. The lowest BCUT2D eigenvalue weighted by molar-refractivity contribution is 0.282. The highest BCUT2D eigenvalue weighted by molar-refractivity contribution is 5.67. The molecule has 1 aliphatic carbocycles. The van der Waals surface area contributed by atoms with Crippen LogP contribution < -0.4 is 4.74 Å². The number of benzene rings is 3. The Kier molecular flexibility index (Phi) is 7.91. The zero-order valence-electron chi connectivity index (χ0n) is 19.5. The molecule has 184 valence electrons. The minimum absolute atomic E-state index is 0.0761. The van der Waals surface area contributed by atoms with Crippen molar-refractivity contribution in [3.8, 4) is 16.9 Å². The first-order chi connectivity index (χ1) is 16.9. The molecular weight excluding hydrogens is 456 g/mol. The highest BCUT2D eigenvalue weighted by Crippen LogP contribution is 2.39. The van der Waals surface area contributed by atoms with E-state index in [1.54, 1.807) is 55.5 Å². The summed E-state index contributed by atoms with van der Waals surface area (Å²) in [6, 6.07) is 12.8. The first-order valence-electron chi connectivity index (χ1n) is 11.9. The van der Waals surface area contributed by atoms with Gasteiger partial charge in [-0.25, -0.2) is 13.2 Å². The second-order valence-electron chi connectivity index (χ2n) is 8.87. The molecule has 6 heteroatoms. The molecular formula is C29H28F4O2. The van der Waals surface area contributed by atoms with Crippen LogP contribution in [0.2, 0.25) is 0 Å². The lowest BCUT2D eigenvalue weighted by Gasteiger charge is -2.27. The Morgan fingerprint density at radius 1 is 0.829 bits per heavy atom. The maximum Gasteiger partial charge on any atom is 0.200 e. The van der Waals surface area contributed by atoms with E-state index in [0.717, 1.165) is 12.8 Å². The molecule has 1 saturated carbocycles. The summed E-state index contributed by atoms with van der Waals surface area (Å²) < 4.78 is 63.4. The smallest absolute Gasteiger partial charge is 0.200 e. The van der Waals surface area contributed by atoms with Crippen molar-refractivity contribution in [3.63, 3.8) is 0 Å². The topological polar surface area (TPSA) is 29.5 Å². The summed E-state index contributed by atoms with van der Waals surface area (Å²) in [5.74, 6) is -3.64. The second kappa shape index (κ2) is 11.1. The Morgan fingerprint density at radius 2 is 1.54 bits per heavy atom. The van der Waals surface area contributed by atoms with Crippen LogP contribution in [0.1, 0.15) is 55.2 Å². The van der Waals surface area contributed by atoms with Crippen molar-refractivity contribution >= 4 is 6.08 Å². The normalized spacial score (nSPS) is 18.2. The fraction of sp³-hybridized carbons (Fsp3) is 0.310. The van der Waals surface area contributed by atoms with Gasteiger partial charge in [-0.3, -0.25) is 0 Å². The lowest BCUT2D eigenvalue weighted by Crippen LogP contribution is -2.14. The minimum Gasteiger partial charge on any atom is -0.491 e. The van der Waals surface area contributed by atoms with Gasteiger partial charge in [0.1, 0.15) is 0 Å². The number of hydrogen-bond acceptors (Lipinski definition) is 2. The molecule has 4 rings (SSSR count). The summed E-state index contributed by atoms with van der Waals surface area (Å²) >= 11 is 0. The Labute approximate surface area is 202 Å². The standard InChI is InChI=1S/C29H28F4O2/c1-2-35-25-16-15-24(28(32)29(25)33)20-8-3-18(4-9-20)5-12-22-13-14-23(27(31)26(22)30)21-10-6-19(17-34)7-11-21/h5-7,10-16,18,20,34H,2-4,8-9,17H2,1H3. The maximum absolute atomic E-state index is 14.7. The lowest BCUT2D eigenvalue weighted by atomic mass is 9.78. The van der Waals surface area contributed by atoms with Gasteiger partial charge in [-0.15, -0.1) is 0 Å². The van der Waals surface area contributed by atoms with Gasteiger partial charge in [-0.05, 0) is 67.2 Å². The molecule has 3 aromatic rings. The van der Waals surface area contributed by atoms with E-state index in [4.69, 9.17) is 9.84 Å². The highest BCUT2D eigenvalue weighted by atomic mass is 19.2. The molecule has 0 bridgehead atoms. The van der Waals surface area contributed by atoms with E-state index in [2.05, 4.69) is 0 Å². The molecule has 0 aromatic heterocycles. The van der Waals surface area contributed by atoms with Crippen molar-refractivity contribution in [2.24, 2.45) is 5.92 Å². The van der Waals surface area contributed by atoms with Crippen molar-refractivity contribution < 1.29 is 27.4 Å². The average molecular weight is 485 g/mol. The zero-order chi connectivity index (χ0) is 24.9. The van der Waals surface area contributed by atoms with E-state index < -0.39 is 23.3 Å². The van der Waals surface area contributed by atoms with E-state index in [-0.39, 0.29) is 41.9 Å². The van der Waals surface area contributed by atoms with Crippen molar-refractivity contribution in [1.29, 1.82) is 0 Å². The third kappa shape index (κ3) is 5.43. The summed E-state index contributed by atoms with van der Waals surface area (Å²) in [7, 11) is 0. The molecule has 0 saturated heterocycles. The van der Waals surface area contributed by atoms with E-state index >= 15 is 0 Å². The number of hydrogen-bond donors (Lipinski definition) is 1. The van der Waals surface area contributed by atoms with E-state index in [1.807, 2.05) is 6.08 Å². The van der Waals surface area contributed by atoms with Crippen LogP contribution in [0.3, 0.4) is 0 Å². The third-order valence-electron chi connectivity index (χ3n) is 6.70. The van der Waals surface area contributed by atoms with Gasteiger partial charge in [0, 0.05) is 11.1 Å². The van der Waals surface area contributed by atoms with Gasteiger partial charge in [-0.1, -0.05) is 54.6 Å². The van der Waals surface area contributed by atoms with Crippen LogP contribution in [-0.2, 0) is 6.61 Å². The summed E-state index contributed by atoms with van der Waals surface area (Å²) in [4.78, 5) is 0. The summed E-state index contributed by atoms with van der Waals surface area (Å²) in [6.45, 7) is 1.86. The molecule has 1 N–H and O–H groups in total. The number of aliphatic hydroxyl groups excluding tert-OH is 1. The highest BCUT2D eigenvalue weighted by Gasteiger charge is 2.26.